The summed E-state index contributed by atoms with van der Waals surface area (Å²) < 4.78 is 7.78. The van der Waals surface area contributed by atoms with E-state index in [9.17, 15) is 0 Å². The van der Waals surface area contributed by atoms with Crippen molar-refractivity contribution in [3.63, 3.8) is 0 Å². The first-order chi connectivity index (χ1) is 15.1. The van der Waals surface area contributed by atoms with Crippen LogP contribution in [0.5, 0.6) is 0 Å². The number of rotatable bonds is 5. The summed E-state index contributed by atoms with van der Waals surface area (Å²) in [6.45, 7) is 8.69. The molecule has 2 aromatic rings. The summed E-state index contributed by atoms with van der Waals surface area (Å²) in [5.41, 5.74) is 3.75. The van der Waals surface area contributed by atoms with Crippen LogP contribution in [0.2, 0.25) is 0 Å². The summed E-state index contributed by atoms with van der Waals surface area (Å²) in [6.07, 6.45) is 3.93. The molecule has 8 nitrogen and oxygen atoms in total. The van der Waals surface area contributed by atoms with Crippen molar-refractivity contribution in [2.45, 2.75) is 19.2 Å². The molecule has 2 fully saturated rings. The Morgan fingerprint density at radius 3 is 2.47 bits per heavy atom. The molecule has 3 heterocycles. The second kappa shape index (κ2) is 12.0. The number of aliphatic imine (C=N–C) groups is 1. The monoisotopic (exact) mass is 553 g/mol. The molecule has 0 amide bonds. The van der Waals surface area contributed by atoms with E-state index in [0.717, 1.165) is 63.9 Å². The second-order valence-electron chi connectivity index (χ2n) is 8.55. The van der Waals surface area contributed by atoms with Crippen LogP contribution < -0.4 is 5.32 Å². The quantitative estimate of drug-likeness (QED) is 0.347. The van der Waals surface area contributed by atoms with E-state index < -0.39 is 0 Å². The van der Waals surface area contributed by atoms with Crippen LogP contribution in [-0.4, -0.2) is 90.4 Å². The average Bonchev–Trinajstić information content (AvgIpc) is 3.23. The molecular formula is C23H36IN7O. The SMILES string of the molecule is CN=C(NCc1ccc(CN2CCN(C)CC2)cc1)N1CCOC(c2cnn(C)c2)C1.I. The molecule has 2 aliphatic heterocycles. The van der Waals surface area contributed by atoms with Crippen molar-refractivity contribution in [2.24, 2.45) is 12.0 Å². The summed E-state index contributed by atoms with van der Waals surface area (Å²) in [4.78, 5) is 11.7. The van der Waals surface area contributed by atoms with Gasteiger partial charge in [-0.15, -0.1) is 24.0 Å². The number of likely N-dealkylation sites (N-methyl/N-ethyl adjacent to an activating group) is 1. The zero-order valence-corrected chi connectivity index (χ0v) is 21.7. The fourth-order valence-electron chi connectivity index (χ4n) is 4.19. The van der Waals surface area contributed by atoms with Crippen LogP contribution in [-0.2, 0) is 24.9 Å². The van der Waals surface area contributed by atoms with Crippen LogP contribution in [0.25, 0.3) is 0 Å². The van der Waals surface area contributed by atoms with Gasteiger partial charge in [0, 0.05) is 71.7 Å². The van der Waals surface area contributed by atoms with Crippen LogP contribution in [0.4, 0.5) is 0 Å². The standard InChI is InChI=1S/C23H35N7O.HI/c1-24-23(30-12-13-31-22(18-30)21-15-26-28(3)17-21)25-14-19-4-6-20(7-5-19)16-29-10-8-27(2)9-11-29;/h4-7,15,17,22H,8-14,16,18H2,1-3H3,(H,24,25);1H. The Bertz CT molecular complexity index is 861. The Morgan fingerprint density at radius 2 is 1.81 bits per heavy atom. The van der Waals surface area contributed by atoms with Crippen molar-refractivity contribution in [1.29, 1.82) is 0 Å². The number of nitrogens with zero attached hydrogens (tertiary/aromatic N) is 6. The van der Waals surface area contributed by atoms with Crippen molar-refractivity contribution in [1.82, 2.24) is 29.8 Å². The van der Waals surface area contributed by atoms with Gasteiger partial charge in [-0.2, -0.15) is 5.10 Å². The summed E-state index contributed by atoms with van der Waals surface area (Å²) in [6, 6.07) is 8.96. The molecule has 2 aliphatic rings. The van der Waals surface area contributed by atoms with Gasteiger partial charge in [-0.3, -0.25) is 14.6 Å². The lowest BCUT2D eigenvalue weighted by Gasteiger charge is -2.34. The molecule has 0 bridgehead atoms. The average molecular weight is 553 g/mol. The number of morpholine rings is 1. The van der Waals surface area contributed by atoms with Crippen molar-refractivity contribution in [3.05, 3.63) is 53.3 Å². The Balaban J connectivity index is 0.00000289. The normalized spacial score (nSPS) is 20.8. The molecule has 1 aromatic carbocycles. The zero-order chi connectivity index (χ0) is 21.6. The molecule has 0 radical (unpaired) electrons. The predicted octanol–water partition coefficient (Wildman–Crippen LogP) is 1.93. The summed E-state index contributed by atoms with van der Waals surface area (Å²) >= 11 is 0. The van der Waals surface area contributed by atoms with Gasteiger partial charge < -0.3 is 19.9 Å². The summed E-state index contributed by atoms with van der Waals surface area (Å²) in [7, 11) is 5.97. The number of hydrogen-bond acceptors (Lipinski definition) is 5. The van der Waals surface area contributed by atoms with Crippen LogP contribution in [0, 0.1) is 0 Å². The third-order valence-corrected chi connectivity index (χ3v) is 6.15. The lowest BCUT2D eigenvalue weighted by molar-refractivity contribution is -0.00805. The molecule has 1 aromatic heterocycles. The molecule has 0 saturated carbocycles. The minimum atomic E-state index is 0. The molecule has 4 rings (SSSR count). The number of nitrogens with one attached hydrogen (secondary N) is 1. The molecule has 2 saturated heterocycles. The van der Waals surface area contributed by atoms with Gasteiger partial charge in [0.2, 0.25) is 0 Å². The molecular weight excluding hydrogens is 517 g/mol. The maximum absolute atomic E-state index is 5.96. The number of aromatic nitrogens is 2. The van der Waals surface area contributed by atoms with E-state index in [-0.39, 0.29) is 30.1 Å². The summed E-state index contributed by atoms with van der Waals surface area (Å²) in [5.74, 6) is 0.915. The van der Waals surface area contributed by atoms with Gasteiger partial charge in [-0.1, -0.05) is 24.3 Å². The third kappa shape index (κ3) is 6.66. The highest BCUT2D eigenvalue weighted by Gasteiger charge is 2.25. The predicted molar refractivity (Wildman–Crippen MR) is 138 cm³/mol. The van der Waals surface area contributed by atoms with E-state index in [1.165, 1.54) is 11.1 Å². The van der Waals surface area contributed by atoms with Gasteiger partial charge in [0.25, 0.3) is 0 Å². The number of piperazine rings is 1. The Hall–Kier alpha value is -1.69. The fourth-order valence-corrected chi connectivity index (χ4v) is 4.19. The Labute approximate surface area is 208 Å². The molecule has 32 heavy (non-hydrogen) atoms. The molecule has 1 unspecified atom stereocenters. The largest absolute Gasteiger partial charge is 0.370 e. The maximum Gasteiger partial charge on any atom is 0.194 e. The van der Waals surface area contributed by atoms with Gasteiger partial charge in [0.1, 0.15) is 6.10 Å². The molecule has 0 spiro atoms. The molecule has 1 atom stereocenters. The van der Waals surface area contributed by atoms with Crippen molar-refractivity contribution in [3.8, 4) is 0 Å². The van der Waals surface area contributed by atoms with Crippen molar-refractivity contribution >= 4 is 29.9 Å². The van der Waals surface area contributed by atoms with Crippen LogP contribution in [0.3, 0.4) is 0 Å². The van der Waals surface area contributed by atoms with Crippen LogP contribution in [0.15, 0.2) is 41.7 Å². The third-order valence-electron chi connectivity index (χ3n) is 6.15. The van der Waals surface area contributed by atoms with Gasteiger partial charge in [-0.05, 0) is 18.2 Å². The highest BCUT2D eigenvalue weighted by atomic mass is 127. The molecule has 1 N–H and O–H groups in total. The highest BCUT2D eigenvalue weighted by molar-refractivity contribution is 14.0. The van der Waals surface area contributed by atoms with E-state index in [2.05, 4.69) is 61.4 Å². The van der Waals surface area contributed by atoms with Gasteiger partial charge in [-0.25, -0.2) is 0 Å². The van der Waals surface area contributed by atoms with Crippen molar-refractivity contribution in [2.75, 3.05) is 60.0 Å². The fraction of sp³-hybridized carbons (Fsp3) is 0.565. The Kier molecular flexibility index (Phi) is 9.33. The highest BCUT2D eigenvalue weighted by Crippen LogP contribution is 2.21. The number of aryl methyl sites for hydroxylation is 1. The van der Waals surface area contributed by atoms with E-state index in [1.54, 1.807) is 0 Å². The smallest absolute Gasteiger partial charge is 0.194 e. The van der Waals surface area contributed by atoms with E-state index in [1.807, 2.05) is 31.2 Å². The van der Waals surface area contributed by atoms with Crippen LogP contribution in [0.1, 0.15) is 22.8 Å². The van der Waals surface area contributed by atoms with Gasteiger partial charge >= 0.3 is 0 Å². The van der Waals surface area contributed by atoms with Gasteiger partial charge in [0.05, 0.1) is 19.3 Å². The van der Waals surface area contributed by atoms with Gasteiger partial charge in [0.15, 0.2) is 5.96 Å². The minimum absolute atomic E-state index is 0. The second-order valence-corrected chi connectivity index (χ2v) is 8.55. The number of ether oxygens (including phenoxy) is 1. The van der Waals surface area contributed by atoms with Crippen LogP contribution >= 0.6 is 24.0 Å². The first kappa shape index (κ1) is 24.9. The van der Waals surface area contributed by atoms with E-state index in [4.69, 9.17) is 4.74 Å². The minimum Gasteiger partial charge on any atom is -0.370 e. The number of hydrogen-bond donors (Lipinski definition) is 1. The first-order valence-electron chi connectivity index (χ1n) is 11.1. The maximum atomic E-state index is 5.96. The first-order valence-corrected chi connectivity index (χ1v) is 11.1. The molecule has 9 heteroatoms. The van der Waals surface area contributed by atoms with E-state index in [0.29, 0.717) is 6.61 Å². The number of halogens is 1. The zero-order valence-electron chi connectivity index (χ0n) is 19.4. The number of guanidine groups is 1. The van der Waals surface area contributed by atoms with Crippen molar-refractivity contribution < 1.29 is 4.74 Å². The lowest BCUT2D eigenvalue weighted by Crippen LogP contribution is -2.47. The lowest BCUT2D eigenvalue weighted by atomic mass is 10.1. The molecule has 0 aliphatic carbocycles. The summed E-state index contributed by atoms with van der Waals surface area (Å²) in [5, 5.41) is 7.79. The number of benzene rings is 1. The molecule has 176 valence electrons. The Morgan fingerprint density at radius 1 is 1.09 bits per heavy atom. The van der Waals surface area contributed by atoms with E-state index >= 15 is 0 Å². The topological polar surface area (TPSA) is 61.2 Å².